The third-order valence-corrected chi connectivity index (χ3v) is 4.42. The van der Waals surface area contributed by atoms with Crippen LogP contribution in [0.15, 0.2) is 29.0 Å². The van der Waals surface area contributed by atoms with E-state index in [1.807, 2.05) is 0 Å². The number of aliphatic hydroxyl groups is 1. The molecule has 1 atom stereocenters. The highest BCUT2D eigenvalue weighted by atomic mass is 35.5. The second-order valence-electron chi connectivity index (χ2n) is 4.75. The van der Waals surface area contributed by atoms with Crippen molar-refractivity contribution in [1.82, 2.24) is 5.32 Å². The van der Waals surface area contributed by atoms with Gasteiger partial charge in [-0.3, -0.25) is 0 Å². The molecule has 0 aliphatic rings. The molecule has 0 aliphatic carbocycles. The third-order valence-electron chi connectivity index (χ3n) is 2.98. The second-order valence-corrected chi connectivity index (χ2v) is 6.34. The molecule has 1 aromatic carbocycles. The SMILES string of the molecule is Cc1cscc1CNCC(O)COc1ccc(Cl)cc1Cl. The first-order valence-corrected chi connectivity index (χ1v) is 8.24. The number of aliphatic hydroxyl groups excluding tert-OH is 1. The zero-order chi connectivity index (χ0) is 15.2. The maximum absolute atomic E-state index is 9.90. The Morgan fingerprint density at radius 2 is 2.14 bits per heavy atom. The van der Waals surface area contributed by atoms with Crippen molar-refractivity contribution in [2.75, 3.05) is 13.2 Å². The van der Waals surface area contributed by atoms with Gasteiger partial charge in [0.15, 0.2) is 0 Å². The molecule has 0 fully saturated rings. The number of halogens is 2. The van der Waals surface area contributed by atoms with Crippen LogP contribution in [0.25, 0.3) is 0 Å². The number of rotatable bonds is 7. The quantitative estimate of drug-likeness (QED) is 0.799. The smallest absolute Gasteiger partial charge is 0.138 e. The van der Waals surface area contributed by atoms with E-state index in [1.165, 1.54) is 11.1 Å². The number of hydrogen-bond donors (Lipinski definition) is 2. The molecular weight excluding hydrogens is 329 g/mol. The van der Waals surface area contributed by atoms with Crippen LogP contribution in [0, 0.1) is 6.92 Å². The summed E-state index contributed by atoms with van der Waals surface area (Å²) in [6.07, 6.45) is -0.601. The van der Waals surface area contributed by atoms with Gasteiger partial charge in [-0.15, -0.1) is 0 Å². The molecule has 0 saturated heterocycles. The molecule has 0 saturated carbocycles. The van der Waals surface area contributed by atoms with Crippen molar-refractivity contribution in [3.05, 3.63) is 50.1 Å². The van der Waals surface area contributed by atoms with Crippen LogP contribution in [-0.2, 0) is 6.54 Å². The Morgan fingerprint density at radius 1 is 1.33 bits per heavy atom. The molecule has 0 amide bonds. The van der Waals surface area contributed by atoms with Gasteiger partial charge in [0, 0.05) is 18.1 Å². The maximum Gasteiger partial charge on any atom is 0.138 e. The number of aryl methyl sites for hydroxylation is 1. The molecule has 6 heteroatoms. The highest BCUT2D eigenvalue weighted by Gasteiger charge is 2.08. The van der Waals surface area contributed by atoms with E-state index < -0.39 is 6.10 Å². The maximum atomic E-state index is 9.90. The first-order chi connectivity index (χ1) is 10.1. The molecule has 2 N–H and O–H groups in total. The topological polar surface area (TPSA) is 41.5 Å². The minimum Gasteiger partial charge on any atom is -0.489 e. The molecule has 1 unspecified atom stereocenters. The monoisotopic (exact) mass is 345 g/mol. The number of hydrogen-bond acceptors (Lipinski definition) is 4. The standard InChI is InChI=1S/C15H17Cl2NO2S/c1-10-8-21-9-11(10)5-18-6-13(19)7-20-15-3-2-12(16)4-14(15)17/h2-4,8-9,13,18-19H,5-7H2,1H3. The predicted molar refractivity (Wildman–Crippen MR) is 88.7 cm³/mol. The van der Waals surface area contributed by atoms with Gasteiger partial charge < -0.3 is 15.2 Å². The fourth-order valence-corrected chi connectivity index (χ4v) is 3.10. The van der Waals surface area contributed by atoms with Crippen LogP contribution in [0.4, 0.5) is 0 Å². The zero-order valence-electron chi connectivity index (χ0n) is 11.6. The van der Waals surface area contributed by atoms with Gasteiger partial charge in [-0.1, -0.05) is 23.2 Å². The highest BCUT2D eigenvalue weighted by molar-refractivity contribution is 7.08. The summed E-state index contributed by atoms with van der Waals surface area (Å²) in [5.41, 5.74) is 2.53. The van der Waals surface area contributed by atoms with Gasteiger partial charge in [-0.05, 0) is 47.0 Å². The van der Waals surface area contributed by atoms with E-state index in [1.54, 1.807) is 29.5 Å². The summed E-state index contributed by atoms with van der Waals surface area (Å²) < 4.78 is 5.49. The highest BCUT2D eigenvalue weighted by Crippen LogP contribution is 2.27. The molecule has 0 aliphatic heterocycles. The van der Waals surface area contributed by atoms with Gasteiger partial charge in [-0.2, -0.15) is 11.3 Å². The fraction of sp³-hybridized carbons (Fsp3) is 0.333. The van der Waals surface area contributed by atoms with E-state index >= 15 is 0 Å². The lowest BCUT2D eigenvalue weighted by Gasteiger charge is -2.14. The molecule has 3 nitrogen and oxygen atoms in total. The average molecular weight is 346 g/mol. The van der Waals surface area contributed by atoms with Crippen LogP contribution in [0.1, 0.15) is 11.1 Å². The fourth-order valence-electron chi connectivity index (χ4n) is 1.78. The van der Waals surface area contributed by atoms with Crippen LogP contribution in [0.3, 0.4) is 0 Å². The van der Waals surface area contributed by atoms with Crippen molar-refractivity contribution < 1.29 is 9.84 Å². The number of nitrogens with one attached hydrogen (secondary N) is 1. The third kappa shape index (κ3) is 5.16. The van der Waals surface area contributed by atoms with Crippen LogP contribution >= 0.6 is 34.5 Å². The largest absolute Gasteiger partial charge is 0.489 e. The van der Waals surface area contributed by atoms with Crippen molar-refractivity contribution in [1.29, 1.82) is 0 Å². The van der Waals surface area contributed by atoms with Crippen LogP contribution < -0.4 is 10.1 Å². The Morgan fingerprint density at radius 3 is 2.81 bits per heavy atom. The van der Waals surface area contributed by atoms with Gasteiger partial charge in [0.1, 0.15) is 18.5 Å². The van der Waals surface area contributed by atoms with Gasteiger partial charge >= 0.3 is 0 Å². The van der Waals surface area contributed by atoms with Crippen molar-refractivity contribution in [3.63, 3.8) is 0 Å². The van der Waals surface area contributed by atoms with E-state index in [0.717, 1.165) is 6.54 Å². The minimum absolute atomic E-state index is 0.178. The zero-order valence-corrected chi connectivity index (χ0v) is 13.9. The first-order valence-electron chi connectivity index (χ1n) is 6.54. The van der Waals surface area contributed by atoms with E-state index in [0.29, 0.717) is 22.3 Å². The van der Waals surface area contributed by atoms with E-state index in [9.17, 15) is 5.11 Å². The molecule has 21 heavy (non-hydrogen) atoms. The normalized spacial score (nSPS) is 12.4. The first kappa shape index (κ1) is 16.6. The summed E-state index contributed by atoms with van der Waals surface area (Å²) >= 11 is 13.5. The van der Waals surface area contributed by atoms with Crippen LogP contribution in [0.5, 0.6) is 5.75 Å². The molecule has 0 radical (unpaired) electrons. The lowest BCUT2D eigenvalue weighted by Crippen LogP contribution is -2.31. The van der Waals surface area contributed by atoms with E-state index in [-0.39, 0.29) is 6.61 Å². The van der Waals surface area contributed by atoms with Crippen LogP contribution in [-0.4, -0.2) is 24.4 Å². The lowest BCUT2D eigenvalue weighted by atomic mass is 10.2. The van der Waals surface area contributed by atoms with Crippen LogP contribution in [0.2, 0.25) is 10.0 Å². The summed E-state index contributed by atoms with van der Waals surface area (Å²) in [7, 11) is 0. The van der Waals surface area contributed by atoms with E-state index in [2.05, 4.69) is 23.0 Å². The Labute approximate surface area is 138 Å². The van der Waals surface area contributed by atoms with Crippen molar-refractivity contribution in [2.24, 2.45) is 0 Å². The van der Waals surface area contributed by atoms with Crippen molar-refractivity contribution in [2.45, 2.75) is 19.6 Å². The Hall–Kier alpha value is -0.780. The molecule has 0 bridgehead atoms. The molecule has 2 rings (SSSR count). The molecule has 1 heterocycles. The van der Waals surface area contributed by atoms with Crippen molar-refractivity contribution in [3.8, 4) is 5.75 Å². The Balaban J connectivity index is 1.72. The Bertz CT molecular complexity index is 589. The number of ether oxygens (including phenoxy) is 1. The Kier molecular flexibility index (Phi) is 6.33. The summed E-state index contributed by atoms with van der Waals surface area (Å²) in [6, 6.07) is 5.01. The van der Waals surface area contributed by atoms with E-state index in [4.69, 9.17) is 27.9 Å². The van der Waals surface area contributed by atoms with Gasteiger partial charge in [0.25, 0.3) is 0 Å². The molecule has 114 valence electrons. The molecule has 1 aromatic heterocycles. The molecule has 2 aromatic rings. The lowest BCUT2D eigenvalue weighted by molar-refractivity contribution is 0.106. The summed E-state index contributed by atoms with van der Waals surface area (Å²) in [5.74, 6) is 0.522. The second kappa shape index (κ2) is 8.01. The number of thiophene rings is 1. The molecule has 0 spiro atoms. The summed E-state index contributed by atoms with van der Waals surface area (Å²) in [5, 5.41) is 18.3. The predicted octanol–water partition coefficient (Wildman–Crippen LogP) is 3.89. The number of benzene rings is 1. The van der Waals surface area contributed by atoms with Gasteiger partial charge in [0.05, 0.1) is 5.02 Å². The minimum atomic E-state index is -0.601. The average Bonchev–Trinajstić information content (AvgIpc) is 2.83. The van der Waals surface area contributed by atoms with Crippen molar-refractivity contribution >= 4 is 34.5 Å². The van der Waals surface area contributed by atoms with Gasteiger partial charge in [0.2, 0.25) is 0 Å². The molecular formula is C15H17Cl2NO2S. The summed E-state index contributed by atoms with van der Waals surface area (Å²) in [4.78, 5) is 0. The summed E-state index contributed by atoms with van der Waals surface area (Å²) in [6.45, 7) is 3.46. The van der Waals surface area contributed by atoms with Gasteiger partial charge in [-0.25, -0.2) is 0 Å².